The van der Waals surface area contributed by atoms with Crippen LogP contribution in [0.3, 0.4) is 0 Å². The van der Waals surface area contributed by atoms with Crippen LogP contribution in [0.25, 0.3) is 0 Å². The minimum absolute atomic E-state index is 0.473. The molecule has 1 aliphatic rings. The Morgan fingerprint density at radius 3 is 2.12 bits per heavy atom. The van der Waals surface area contributed by atoms with Crippen LogP contribution in [0.1, 0.15) is 120 Å². The van der Waals surface area contributed by atoms with Gasteiger partial charge in [-0.15, -0.1) is 0 Å². The molecule has 0 heterocycles. The molecular formula is C25H50. The molecule has 25 heavy (non-hydrogen) atoms. The third-order valence-electron chi connectivity index (χ3n) is 8.90. The van der Waals surface area contributed by atoms with Crippen molar-refractivity contribution in [3.63, 3.8) is 0 Å². The lowest BCUT2D eigenvalue weighted by Gasteiger charge is -2.42. The molecule has 150 valence electrons. The van der Waals surface area contributed by atoms with E-state index in [0.717, 1.165) is 29.6 Å². The number of unbranched alkanes of at least 4 members (excludes halogenated alkanes) is 2. The first-order valence-corrected chi connectivity index (χ1v) is 11.6. The molecule has 0 aromatic heterocycles. The van der Waals surface area contributed by atoms with Gasteiger partial charge in [0.2, 0.25) is 0 Å². The SMILES string of the molecule is CCCCCC(C)C(C)(C)C(C)C1(C)CC1CCCC(C)C(C)CC. The normalized spacial score (nSPS) is 28.4. The largest absolute Gasteiger partial charge is 0.0654 e. The monoisotopic (exact) mass is 350 g/mol. The first kappa shape index (κ1) is 23.0. The van der Waals surface area contributed by atoms with Crippen molar-refractivity contribution in [3.05, 3.63) is 0 Å². The molecule has 0 saturated heterocycles. The maximum Gasteiger partial charge on any atom is -0.0264 e. The molecule has 0 nitrogen and oxygen atoms in total. The maximum absolute atomic E-state index is 2.60. The van der Waals surface area contributed by atoms with Crippen LogP contribution in [-0.2, 0) is 0 Å². The van der Waals surface area contributed by atoms with E-state index < -0.39 is 0 Å². The van der Waals surface area contributed by atoms with Crippen LogP contribution in [0.5, 0.6) is 0 Å². The molecule has 1 saturated carbocycles. The minimum atomic E-state index is 0.473. The van der Waals surface area contributed by atoms with Gasteiger partial charge in [-0.2, -0.15) is 0 Å². The fourth-order valence-corrected chi connectivity index (χ4v) is 5.16. The molecule has 1 fully saturated rings. The molecule has 1 rings (SSSR count). The zero-order chi connectivity index (χ0) is 19.3. The van der Waals surface area contributed by atoms with Crippen LogP contribution in [-0.4, -0.2) is 0 Å². The standard InChI is InChI=1S/C25H50/c1-10-12-13-16-21(5)24(7,8)22(6)25(9)18-23(25)17-14-15-20(4)19(3)11-2/h19-23H,10-18H2,1-9H3. The minimum Gasteiger partial charge on any atom is -0.0654 e. The van der Waals surface area contributed by atoms with Crippen molar-refractivity contribution in [2.45, 2.75) is 120 Å². The van der Waals surface area contributed by atoms with Crippen LogP contribution in [0.15, 0.2) is 0 Å². The molecule has 0 aromatic carbocycles. The summed E-state index contributed by atoms with van der Waals surface area (Å²) in [5.74, 6) is 4.48. The van der Waals surface area contributed by atoms with Gasteiger partial charge >= 0.3 is 0 Å². The van der Waals surface area contributed by atoms with Crippen molar-refractivity contribution in [1.82, 2.24) is 0 Å². The highest BCUT2D eigenvalue weighted by molar-refractivity contribution is 5.05. The van der Waals surface area contributed by atoms with Gasteiger partial charge in [0.1, 0.15) is 0 Å². The van der Waals surface area contributed by atoms with Crippen LogP contribution < -0.4 is 0 Å². The molecule has 6 atom stereocenters. The Balaban J connectivity index is 2.46. The van der Waals surface area contributed by atoms with Gasteiger partial charge in [-0.25, -0.2) is 0 Å². The fraction of sp³-hybridized carbons (Fsp3) is 1.00. The smallest absolute Gasteiger partial charge is 0.0264 e. The Kier molecular flexibility index (Phi) is 9.03. The summed E-state index contributed by atoms with van der Waals surface area (Å²) in [7, 11) is 0. The lowest BCUT2D eigenvalue weighted by Crippen LogP contribution is -2.35. The molecule has 0 aliphatic heterocycles. The summed E-state index contributed by atoms with van der Waals surface area (Å²) < 4.78 is 0. The van der Waals surface area contributed by atoms with E-state index in [4.69, 9.17) is 0 Å². The van der Waals surface area contributed by atoms with Crippen molar-refractivity contribution in [1.29, 1.82) is 0 Å². The van der Waals surface area contributed by atoms with Gasteiger partial charge in [0.15, 0.2) is 0 Å². The predicted molar refractivity (Wildman–Crippen MR) is 115 cm³/mol. The summed E-state index contributed by atoms with van der Waals surface area (Å²) in [6, 6.07) is 0. The second-order valence-corrected chi connectivity index (χ2v) is 10.6. The highest BCUT2D eigenvalue weighted by atomic mass is 14.6. The molecule has 0 aromatic rings. The molecular weight excluding hydrogens is 300 g/mol. The number of hydrogen-bond acceptors (Lipinski definition) is 0. The molecule has 0 amide bonds. The number of rotatable bonds is 13. The molecule has 0 spiro atoms. The van der Waals surface area contributed by atoms with Crippen molar-refractivity contribution in [2.75, 3.05) is 0 Å². The molecule has 0 heteroatoms. The van der Waals surface area contributed by atoms with Gasteiger partial charge in [-0.05, 0) is 53.3 Å². The van der Waals surface area contributed by atoms with E-state index >= 15 is 0 Å². The quantitative estimate of drug-likeness (QED) is 0.291. The third-order valence-corrected chi connectivity index (χ3v) is 8.90. The molecule has 0 bridgehead atoms. The van der Waals surface area contributed by atoms with Gasteiger partial charge in [-0.3, -0.25) is 0 Å². The molecule has 1 aliphatic carbocycles. The van der Waals surface area contributed by atoms with Gasteiger partial charge in [-0.1, -0.05) is 107 Å². The van der Waals surface area contributed by atoms with E-state index in [9.17, 15) is 0 Å². The molecule has 0 N–H and O–H groups in total. The zero-order valence-electron chi connectivity index (χ0n) is 19.3. The van der Waals surface area contributed by atoms with Crippen molar-refractivity contribution < 1.29 is 0 Å². The van der Waals surface area contributed by atoms with Crippen LogP contribution in [0.2, 0.25) is 0 Å². The van der Waals surface area contributed by atoms with E-state index in [1.54, 1.807) is 0 Å². The average Bonchev–Trinajstić information content (AvgIpc) is 3.24. The summed E-state index contributed by atoms with van der Waals surface area (Å²) in [6.07, 6.45) is 12.8. The Hall–Kier alpha value is 0. The van der Waals surface area contributed by atoms with E-state index in [-0.39, 0.29) is 0 Å². The van der Waals surface area contributed by atoms with Crippen molar-refractivity contribution in [2.24, 2.45) is 40.4 Å². The Labute approximate surface area is 160 Å². The van der Waals surface area contributed by atoms with E-state index in [1.165, 1.54) is 57.8 Å². The Bertz CT molecular complexity index is 368. The Morgan fingerprint density at radius 1 is 0.920 bits per heavy atom. The number of hydrogen-bond donors (Lipinski definition) is 0. The summed E-state index contributed by atoms with van der Waals surface area (Å²) in [5, 5.41) is 0. The first-order valence-electron chi connectivity index (χ1n) is 11.6. The first-order chi connectivity index (χ1) is 11.6. The maximum atomic E-state index is 2.60. The summed E-state index contributed by atoms with van der Waals surface area (Å²) in [4.78, 5) is 0. The molecule has 0 radical (unpaired) electrons. The summed E-state index contributed by atoms with van der Waals surface area (Å²) in [6.45, 7) is 22.3. The van der Waals surface area contributed by atoms with Crippen molar-refractivity contribution >= 4 is 0 Å². The summed E-state index contributed by atoms with van der Waals surface area (Å²) >= 11 is 0. The van der Waals surface area contributed by atoms with Gasteiger partial charge in [0.05, 0.1) is 0 Å². The lowest BCUT2D eigenvalue weighted by atomic mass is 9.63. The van der Waals surface area contributed by atoms with E-state index in [2.05, 4.69) is 62.3 Å². The van der Waals surface area contributed by atoms with Crippen molar-refractivity contribution in [3.8, 4) is 0 Å². The molecule has 6 unspecified atom stereocenters. The van der Waals surface area contributed by atoms with Gasteiger partial charge in [0.25, 0.3) is 0 Å². The van der Waals surface area contributed by atoms with Gasteiger partial charge in [0, 0.05) is 0 Å². The van der Waals surface area contributed by atoms with E-state index in [0.29, 0.717) is 10.8 Å². The van der Waals surface area contributed by atoms with Gasteiger partial charge < -0.3 is 0 Å². The highest BCUT2D eigenvalue weighted by Crippen LogP contribution is 2.64. The van der Waals surface area contributed by atoms with Crippen LogP contribution in [0.4, 0.5) is 0 Å². The second kappa shape index (κ2) is 9.80. The second-order valence-electron chi connectivity index (χ2n) is 10.6. The topological polar surface area (TPSA) is 0 Å². The van der Waals surface area contributed by atoms with E-state index in [1.807, 2.05) is 0 Å². The highest BCUT2D eigenvalue weighted by Gasteiger charge is 2.56. The Morgan fingerprint density at radius 2 is 1.56 bits per heavy atom. The van der Waals surface area contributed by atoms with Crippen LogP contribution >= 0.6 is 0 Å². The fourth-order valence-electron chi connectivity index (χ4n) is 5.16. The third kappa shape index (κ3) is 6.00. The predicted octanol–water partition coefficient (Wildman–Crippen LogP) is 8.74. The summed E-state index contributed by atoms with van der Waals surface area (Å²) in [5.41, 5.74) is 1.09. The average molecular weight is 351 g/mol. The zero-order valence-corrected chi connectivity index (χ0v) is 19.3. The van der Waals surface area contributed by atoms with Crippen LogP contribution in [0, 0.1) is 40.4 Å². The lowest BCUT2D eigenvalue weighted by molar-refractivity contribution is 0.0698.